The Morgan fingerprint density at radius 3 is 2.96 bits per heavy atom. The highest BCUT2D eigenvalue weighted by molar-refractivity contribution is 7.09. The summed E-state index contributed by atoms with van der Waals surface area (Å²) in [6.45, 7) is 3.61. The van der Waals surface area contributed by atoms with E-state index in [2.05, 4.69) is 10.3 Å². The number of para-hydroxylation sites is 1. The van der Waals surface area contributed by atoms with Gasteiger partial charge in [-0.1, -0.05) is 18.2 Å². The minimum Gasteiger partial charge on any atom is -0.487 e. The van der Waals surface area contributed by atoms with E-state index in [1.54, 1.807) is 24.5 Å². The average molecular weight is 346 g/mol. The van der Waals surface area contributed by atoms with Crippen molar-refractivity contribution in [2.24, 2.45) is 0 Å². The quantitative estimate of drug-likeness (QED) is 0.559. The number of thiazole rings is 1. The van der Waals surface area contributed by atoms with E-state index in [-0.39, 0.29) is 5.91 Å². The minimum atomic E-state index is -0.129. The number of carbonyl (C=O) groups is 1. The van der Waals surface area contributed by atoms with Crippen LogP contribution in [-0.4, -0.2) is 31.2 Å². The van der Waals surface area contributed by atoms with Gasteiger partial charge in [0.25, 0.3) is 0 Å². The first-order chi connectivity index (χ1) is 11.7. The molecular weight excluding hydrogens is 324 g/mol. The minimum absolute atomic E-state index is 0.129. The molecular formula is C18H22N2O3S. The Morgan fingerprint density at radius 1 is 1.38 bits per heavy atom. The molecule has 24 heavy (non-hydrogen) atoms. The number of amides is 1. The van der Waals surface area contributed by atoms with Crippen LogP contribution in [0.15, 0.2) is 35.7 Å². The third-order valence-corrected chi connectivity index (χ3v) is 4.02. The van der Waals surface area contributed by atoms with E-state index < -0.39 is 0 Å². The second-order valence-corrected chi connectivity index (χ2v) is 6.22. The summed E-state index contributed by atoms with van der Waals surface area (Å²) >= 11 is 1.60. The molecule has 2 aromatic rings. The van der Waals surface area contributed by atoms with E-state index in [1.807, 2.05) is 36.6 Å². The Bertz CT molecular complexity index is 682. The monoisotopic (exact) mass is 346 g/mol. The number of aromatic nitrogens is 1. The van der Waals surface area contributed by atoms with Crippen LogP contribution < -0.4 is 10.1 Å². The Balaban J connectivity index is 1.90. The van der Waals surface area contributed by atoms with Gasteiger partial charge in [0.15, 0.2) is 0 Å². The predicted molar refractivity (Wildman–Crippen MR) is 96.2 cm³/mol. The number of hydrogen-bond donors (Lipinski definition) is 1. The first kappa shape index (κ1) is 18.2. The fourth-order valence-corrected chi connectivity index (χ4v) is 2.63. The molecule has 1 aromatic carbocycles. The van der Waals surface area contributed by atoms with Crippen LogP contribution in [0, 0.1) is 6.92 Å². The fraction of sp³-hybridized carbons (Fsp3) is 0.333. The largest absolute Gasteiger partial charge is 0.487 e. The van der Waals surface area contributed by atoms with Gasteiger partial charge in [0.1, 0.15) is 12.4 Å². The zero-order valence-corrected chi connectivity index (χ0v) is 14.8. The molecule has 0 atom stereocenters. The van der Waals surface area contributed by atoms with Gasteiger partial charge in [-0.05, 0) is 25.5 Å². The van der Waals surface area contributed by atoms with Crippen LogP contribution in [0.2, 0.25) is 0 Å². The van der Waals surface area contributed by atoms with E-state index >= 15 is 0 Å². The molecule has 0 aliphatic carbocycles. The molecule has 2 rings (SSSR count). The normalized spacial score (nSPS) is 10.9. The number of hydrogen-bond acceptors (Lipinski definition) is 5. The molecule has 0 aliphatic rings. The van der Waals surface area contributed by atoms with Crippen molar-refractivity contribution in [2.75, 3.05) is 20.3 Å². The lowest BCUT2D eigenvalue weighted by Gasteiger charge is -2.07. The maximum Gasteiger partial charge on any atom is 0.244 e. The standard InChI is InChI=1S/C18H22N2O3S/c1-14-20-16(13-24-14)12-23-17-7-4-3-6-15(17)8-9-18(21)19-10-5-11-22-2/h3-4,6-9,13H,5,10-12H2,1-2H3,(H,19,21)/b9-8+. The summed E-state index contributed by atoms with van der Waals surface area (Å²) in [5.74, 6) is 0.600. The molecule has 1 N–H and O–H groups in total. The number of nitrogens with one attached hydrogen (secondary N) is 1. The topological polar surface area (TPSA) is 60.5 Å². The molecule has 0 spiro atoms. The second kappa shape index (κ2) is 9.85. The van der Waals surface area contributed by atoms with E-state index in [0.717, 1.165) is 28.4 Å². The van der Waals surface area contributed by atoms with Gasteiger partial charge in [0.05, 0.1) is 10.7 Å². The number of aryl methyl sites for hydroxylation is 1. The van der Waals surface area contributed by atoms with Gasteiger partial charge in [-0.25, -0.2) is 4.98 Å². The van der Waals surface area contributed by atoms with Crippen LogP contribution in [0.3, 0.4) is 0 Å². The fourth-order valence-electron chi connectivity index (χ4n) is 2.03. The van der Waals surface area contributed by atoms with E-state index in [4.69, 9.17) is 9.47 Å². The van der Waals surface area contributed by atoms with Crippen molar-refractivity contribution in [1.82, 2.24) is 10.3 Å². The Morgan fingerprint density at radius 2 is 2.21 bits per heavy atom. The van der Waals surface area contributed by atoms with Crippen molar-refractivity contribution in [3.63, 3.8) is 0 Å². The predicted octanol–water partition coefficient (Wildman–Crippen LogP) is 3.20. The molecule has 1 aromatic heterocycles. The van der Waals surface area contributed by atoms with Crippen LogP contribution in [-0.2, 0) is 16.1 Å². The van der Waals surface area contributed by atoms with Crippen LogP contribution in [0.4, 0.5) is 0 Å². The summed E-state index contributed by atoms with van der Waals surface area (Å²) in [5.41, 5.74) is 1.77. The summed E-state index contributed by atoms with van der Waals surface area (Å²) < 4.78 is 10.8. The molecule has 1 amide bonds. The average Bonchev–Trinajstić information content (AvgIpc) is 3.01. The Hall–Kier alpha value is -2.18. The maximum atomic E-state index is 11.8. The molecule has 5 nitrogen and oxygen atoms in total. The van der Waals surface area contributed by atoms with Gasteiger partial charge in [-0.2, -0.15) is 0 Å². The first-order valence-electron chi connectivity index (χ1n) is 7.76. The summed E-state index contributed by atoms with van der Waals surface area (Å²) in [6, 6.07) is 7.62. The number of carbonyl (C=O) groups excluding carboxylic acids is 1. The van der Waals surface area contributed by atoms with E-state index in [9.17, 15) is 4.79 Å². The van der Waals surface area contributed by atoms with Crippen LogP contribution in [0.1, 0.15) is 22.7 Å². The van der Waals surface area contributed by atoms with Gasteiger partial charge < -0.3 is 14.8 Å². The first-order valence-corrected chi connectivity index (χ1v) is 8.64. The Labute approximate surface area is 146 Å². The molecule has 0 bridgehead atoms. The lowest BCUT2D eigenvalue weighted by molar-refractivity contribution is -0.116. The van der Waals surface area contributed by atoms with Gasteiger partial charge in [-0.3, -0.25) is 4.79 Å². The lowest BCUT2D eigenvalue weighted by atomic mass is 10.2. The third-order valence-electron chi connectivity index (χ3n) is 3.20. The van der Waals surface area contributed by atoms with Crippen LogP contribution in [0.25, 0.3) is 6.08 Å². The van der Waals surface area contributed by atoms with Crippen molar-refractivity contribution in [3.05, 3.63) is 52.0 Å². The van der Waals surface area contributed by atoms with E-state index in [0.29, 0.717) is 19.8 Å². The van der Waals surface area contributed by atoms with Gasteiger partial charge in [0.2, 0.25) is 5.91 Å². The SMILES string of the molecule is COCCCNC(=O)/C=C/c1ccccc1OCc1csc(C)n1. The van der Waals surface area contributed by atoms with Gasteiger partial charge in [0, 0.05) is 37.3 Å². The van der Waals surface area contributed by atoms with E-state index in [1.165, 1.54) is 6.08 Å². The van der Waals surface area contributed by atoms with Crippen LogP contribution in [0.5, 0.6) is 5.75 Å². The van der Waals surface area contributed by atoms with Gasteiger partial charge in [-0.15, -0.1) is 11.3 Å². The van der Waals surface area contributed by atoms with Crippen molar-refractivity contribution in [1.29, 1.82) is 0 Å². The third kappa shape index (κ3) is 6.14. The Kier molecular flexibility index (Phi) is 7.45. The molecule has 0 saturated heterocycles. The zero-order chi connectivity index (χ0) is 17.2. The van der Waals surface area contributed by atoms with Crippen LogP contribution >= 0.6 is 11.3 Å². The second-order valence-electron chi connectivity index (χ2n) is 5.16. The summed E-state index contributed by atoms with van der Waals surface area (Å²) in [6.07, 6.45) is 4.07. The molecule has 128 valence electrons. The molecule has 0 saturated carbocycles. The van der Waals surface area contributed by atoms with Crippen molar-refractivity contribution < 1.29 is 14.3 Å². The van der Waals surface area contributed by atoms with Crippen molar-refractivity contribution in [2.45, 2.75) is 20.0 Å². The van der Waals surface area contributed by atoms with Crippen molar-refractivity contribution in [3.8, 4) is 5.75 Å². The van der Waals surface area contributed by atoms with Crippen molar-refractivity contribution >= 4 is 23.3 Å². The molecule has 0 fully saturated rings. The number of benzene rings is 1. The molecule has 1 heterocycles. The number of nitrogens with zero attached hydrogens (tertiary/aromatic N) is 1. The maximum absolute atomic E-state index is 11.8. The lowest BCUT2D eigenvalue weighted by Crippen LogP contribution is -2.22. The molecule has 0 aliphatic heterocycles. The summed E-state index contributed by atoms with van der Waals surface area (Å²) in [4.78, 5) is 16.2. The highest BCUT2D eigenvalue weighted by Gasteiger charge is 2.04. The number of ether oxygens (including phenoxy) is 2. The highest BCUT2D eigenvalue weighted by atomic mass is 32.1. The molecule has 6 heteroatoms. The smallest absolute Gasteiger partial charge is 0.244 e. The van der Waals surface area contributed by atoms with Gasteiger partial charge >= 0.3 is 0 Å². The molecule has 0 unspecified atom stereocenters. The highest BCUT2D eigenvalue weighted by Crippen LogP contribution is 2.21. The molecule has 0 radical (unpaired) electrons. The number of methoxy groups -OCH3 is 1. The summed E-state index contributed by atoms with van der Waals surface area (Å²) in [5, 5.41) is 5.82. The number of rotatable bonds is 9. The zero-order valence-electron chi connectivity index (χ0n) is 14.0. The summed E-state index contributed by atoms with van der Waals surface area (Å²) in [7, 11) is 1.64.